The highest BCUT2D eigenvalue weighted by Crippen LogP contribution is 2.10. The quantitative estimate of drug-likeness (QED) is 0.583. The van der Waals surface area contributed by atoms with Crippen LogP contribution in [0.2, 0.25) is 0 Å². The summed E-state index contributed by atoms with van der Waals surface area (Å²) in [6.07, 6.45) is 12.6. The van der Waals surface area contributed by atoms with E-state index in [1.54, 1.807) is 0 Å². The summed E-state index contributed by atoms with van der Waals surface area (Å²) in [6.45, 7) is 0. The summed E-state index contributed by atoms with van der Waals surface area (Å²) in [5.41, 5.74) is 0. The van der Waals surface area contributed by atoms with Gasteiger partial charge in [-0.25, -0.2) is 0 Å². The summed E-state index contributed by atoms with van der Waals surface area (Å²) < 4.78 is 0. The average molecular weight is 196 g/mol. The van der Waals surface area contributed by atoms with E-state index < -0.39 is 12.2 Å². The van der Waals surface area contributed by atoms with Crippen molar-refractivity contribution in [1.29, 1.82) is 0 Å². The number of aliphatic hydroxyl groups excluding tert-OH is 2. The Labute approximate surface area is 86.0 Å². The van der Waals surface area contributed by atoms with Crippen molar-refractivity contribution in [2.24, 2.45) is 0 Å². The minimum Gasteiger partial charge on any atom is -0.390 e. The summed E-state index contributed by atoms with van der Waals surface area (Å²) in [6, 6.07) is 0. The molecular formula is C12H20O2. The van der Waals surface area contributed by atoms with Crippen molar-refractivity contribution in [3.8, 4) is 0 Å². The number of hydrogen-bond acceptors (Lipinski definition) is 2. The maximum atomic E-state index is 9.55. The molecule has 0 bridgehead atoms. The van der Waals surface area contributed by atoms with E-state index in [-0.39, 0.29) is 0 Å². The third kappa shape index (κ3) is 4.58. The molecule has 0 aromatic heterocycles. The van der Waals surface area contributed by atoms with E-state index in [0.29, 0.717) is 12.8 Å². The van der Waals surface area contributed by atoms with Gasteiger partial charge in [0.1, 0.15) is 0 Å². The minimum absolute atomic E-state index is 0.563. The SMILES string of the molecule is O[C@H]1C/C=C\CC/C=C/CCC[C@@H]1O. The molecule has 0 amide bonds. The zero-order valence-electron chi connectivity index (χ0n) is 8.60. The van der Waals surface area contributed by atoms with Crippen molar-refractivity contribution in [3.05, 3.63) is 24.3 Å². The van der Waals surface area contributed by atoms with Gasteiger partial charge in [-0.15, -0.1) is 0 Å². The predicted molar refractivity (Wildman–Crippen MR) is 58.0 cm³/mol. The van der Waals surface area contributed by atoms with E-state index in [9.17, 15) is 10.2 Å². The van der Waals surface area contributed by atoms with Gasteiger partial charge in [0.25, 0.3) is 0 Å². The first kappa shape index (κ1) is 11.5. The van der Waals surface area contributed by atoms with Crippen LogP contribution >= 0.6 is 0 Å². The van der Waals surface area contributed by atoms with Crippen LogP contribution in [0.15, 0.2) is 24.3 Å². The average Bonchev–Trinajstić information content (AvgIpc) is 2.18. The molecule has 14 heavy (non-hydrogen) atoms. The van der Waals surface area contributed by atoms with Crippen molar-refractivity contribution in [3.63, 3.8) is 0 Å². The van der Waals surface area contributed by atoms with Crippen LogP contribution < -0.4 is 0 Å². The van der Waals surface area contributed by atoms with Crippen molar-refractivity contribution in [2.45, 2.75) is 50.7 Å². The van der Waals surface area contributed by atoms with E-state index in [4.69, 9.17) is 0 Å². The topological polar surface area (TPSA) is 40.5 Å². The Bertz CT molecular complexity index is 196. The third-order valence-electron chi connectivity index (χ3n) is 2.53. The third-order valence-corrected chi connectivity index (χ3v) is 2.53. The van der Waals surface area contributed by atoms with Gasteiger partial charge in [0.2, 0.25) is 0 Å². The molecule has 1 aliphatic carbocycles. The summed E-state index contributed by atoms with van der Waals surface area (Å²) >= 11 is 0. The fourth-order valence-corrected chi connectivity index (χ4v) is 1.58. The zero-order valence-corrected chi connectivity index (χ0v) is 8.60. The van der Waals surface area contributed by atoms with Crippen molar-refractivity contribution < 1.29 is 10.2 Å². The highest BCUT2D eigenvalue weighted by atomic mass is 16.3. The molecule has 0 saturated heterocycles. The molecule has 0 saturated carbocycles. The number of aliphatic hydroxyl groups is 2. The number of rotatable bonds is 0. The van der Waals surface area contributed by atoms with Crippen LogP contribution in [0.25, 0.3) is 0 Å². The lowest BCUT2D eigenvalue weighted by atomic mass is 10.0. The Morgan fingerprint density at radius 2 is 1.43 bits per heavy atom. The van der Waals surface area contributed by atoms with E-state index >= 15 is 0 Å². The van der Waals surface area contributed by atoms with Gasteiger partial charge >= 0.3 is 0 Å². The maximum Gasteiger partial charge on any atom is 0.0833 e. The Morgan fingerprint density at radius 3 is 2.21 bits per heavy atom. The molecular weight excluding hydrogens is 176 g/mol. The lowest BCUT2D eigenvalue weighted by Crippen LogP contribution is -2.25. The smallest absolute Gasteiger partial charge is 0.0833 e. The second-order valence-corrected chi connectivity index (χ2v) is 3.82. The second-order valence-electron chi connectivity index (χ2n) is 3.82. The molecule has 0 radical (unpaired) electrons. The summed E-state index contributed by atoms with van der Waals surface area (Å²) in [4.78, 5) is 0. The van der Waals surface area contributed by atoms with Crippen molar-refractivity contribution in [1.82, 2.24) is 0 Å². The molecule has 0 aromatic carbocycles. The molecule has 0 spiro atoms. The normalized spacial score (nSPS) is 35.3. The first-order valence-corrected chi connectivity index (χ1v) is 5.47. The van der Waals surface area contributed by atoms with E-state index in [1.165, 1.54) is 0 Å². The van der Waals surface area contributed by atoms with Crippen LogP contribution in [-0.4, -0.2) is 22.4 Å². The molecule has 1 aliphatic rings. The largest absolute Gasteiger partial charge is 0.390 e. The fraction of sp³-hybridized carbons (Fsp3) is 0.667. The van der Waals surface area contributed by atoms with Crippen LogP contribution in [0.1, 0.15) is 38.5 Å². The molecule has 1 rings (SSSR count). The molecule has 0 heterocycles. The highest BCUT2D eigenvalue weighted by Gasteiger charge is 2.13. The molecule has 2 atom stereocenters. The highest BCUT2D eigenvalue weighted by molar-refractivity contribution is 4.91. The maximum absolute atomic E-state index is 9.55. The van der Waals surface area contributed by atoms with Gasteiger partial charge < -0.3 is 10.2 Å². The first-order valence-electron chi connectivity index (χ1n) is 5.47. The van der Waals surface area contributed by atoms with Gasteiger partial charge in [-0.05, 0) is 38.5 Å². The summed E-state index contributed by atoms with van der Waals surface area (Å²) in [5.74, 6) is 0. The fourth-order valence-electron chi connectivity index (χ4n) is 1.58. The van der Waals surface area contributed by atoms with Gasteiger partial charge in [0, 0.05) is 0 Å². The van der Waals surface area contributed by atoms with Gasteiger partial charge in [0.15, 0.2) is 0 Å². The lowest BCUT2D eigenvalue weighted by Gasteiger charge is -2.15. The Balaban J connectivity index is 2.41. The van der Waals surface area contributed by atoms with Crippen molar-refractivity contribution >= 4 is 0 Å². The summed E-state index contributed by atoms with van der Waals surface area (Å²) in [5, 5.41) is 19.1. The lowest BCUT2D eigenvalue weighted by molar-refractivity contribution is 0.0157. The standard InChI is InChI=1S/C12H20O2/c13-11-9-7-5-3-1-2-4-6-8-10-12(11)14/h1,3,6,8,11-14H,2,4-5,7,9-10H2/b3-1+,8-6-/t11-,12-/m0/s1. The Morgan fingerprint density at radius 1 is 0.786 bits per heavy atom. The van der Waals surface area contributed by atoms with Gasteiger partial charge in [-0.2, -0.15) is 0 Å². The minimum atomic E-state index is -0.588. The van der Waals surface area contributed by atoms with Gasteiger partial charge in [-0.3, -0.25) is 0 Å². The van der Waals surface area contributed by atoms with Crippen LogP contribution in [0.3, 0.4) is 0 Å². The molecule has 0 aromatic rings. The van der Waals surface area contributed by atoms with Crippen LogP contribution in [0.4, 0.5) is 0 Å². The van der Waals surface area contributed by atoms with E-state index in [1.807, 2.05) is 6.08 Å². The Kier molecular flexibility index (Phi) is 5.57. The summed E-state index contributed by atoms with van der Waals surface area (Å²) in [7, 11) is 0. The van der Waals surface area contributed by atoms with Crippen LogP contribution in [0.5, 0.6) is 0 Å². The van der Waals surface area contributed by atoms with Crippen LogP contribution in [-0.2, 0) is 0 Å². The molecule has 2 heteroatoms. The van der Waals surface area contributed by atoms with Crippen LogP contribution in [0, 0.1) is 0 Å². The monoisotopic (exact) mass is 196 g/mol. The van der Waals surface area contributed by atoms with E-state index in [0.717, 1.165) is 25.7 Å². The Hall–Kier alpha value is -0.600. The molecule has 0 unspecified atom stereocenters. The first-order chi connectivity index (χ1) is 6.80. The molecule has 80 valence electrons. The van der Waals surface area contributed by atoms with Crippen molar-refractivity contribution in [2.75, 3.05) is 0 Å². The molecule has 0 aliphatic heterocycles. The van der Waals surface area contributed by atoms with Gasteiger partial charge in [-0.1, -0.05) is 24.3 Å². The number of allylic oxidation sites excluding steroid dienone is 3. The number of hydrogen-bond donors (Lipinski definition) is 2. The molecule has 2 nitrogen and oxygen atoms in total. The second kappa shape index (κ2) is 6.80. The molecule has 2 N–H and O–H groups in total. The van der Waals surface area contributed by atoms with Gasteiger partial charge in [0.05, 0.1) is 12.2 Å². The molecule has 0 fully saturated rings. The predicted octanol–water partition coefficient (Wildman–Crippen LogP) is 2.17. The zero-order chi connectivity index (χ0) is 10.2. The van der Waals surface area contributed by atoms with E-state index in [2.05, 4.69) is 18.2 Å².